The van der Waals surface area contributed by atoms with Crippen LogP contribution in [0.5, 0.6) is 0 Å². The number of allylic oxidation sites excluding steroid dienone is 2. The first kappa shape index (κ1) is 21.3. The van der Waals surface area contributed by atoms with Crippen molar-refractivity contribution in [1.29, 1.82) is 0 Å². The maximum absolute atomic E-state index is 11.0. The standard InChI is InChI=1S/2C12H14O/c2*1-3-12(13)8-7-11-6-4-5-10(2)9-11/h2*4-9H,3H2,1-2H3. The summed E-state index contributed by atoms with van der Waals surface area (Å²) in [6, 6.07) is 16.2. The molecule has 2 aromatic carbocycles. The lowest BCUT2D eigenvalue weighted by molar-refractivity contribution is -0.115. The van der Waals surface area contributed by atoms with E-state index >= 15 is 0 Å². The molecule has 0 radical (unpaired) electrons. The van der Waals surface area contributed by atoms with Gasteiger partial charge < -0.3 is 0 Å². The van der Waals surface area contributed by atoms with Crippen LogP contribution in [-0.2, 0) is 9.59 Å². The summed E-state index contributed by atoms with van der Waals surface area (Å²) in [7, 11) is 0. The fraction of sp³-hybridized carbons (Fsp3) is 0.250. The Morgan fingerprint density at radius 3 is 1.42 bits per heavy atom. The Bertz CT molecular complexity index is 715. The fourth-order valence-corrected chi connectivity index (χ4v) is 2.16. The van der Waals surface area contributed by atoms with E-state index in [0.29, 0.717) is 12.8 Å². The zero-order chi connectivity index (χ0) is 19.4. The summed E-state index contributed by atoms with van der Waals surface area (Å²) in [5.41, 5.74) is 4.60. The molecule has 26 heavy (non-hydrogen) atoms. The van der Waals surface area contributed by atoms with E-state index in [1.54, 1.807) is 12.2 Å². The first-order valence-electron chi connectivity index (χ1n) is 8.99. The van der Waals surface area contributed by atoms with Crippen LogP contribution in [0, 0.1) is 13.8 Å². The highest BCUT2D eigenvalue weighted by atomic mass is 16.1. The van der Waals surface area contributed by atoms with E-state index in [0.717, 1.165) is 11.1 Å². The van der Waals surface area contributed by atoms with Crippen LogP contribution < -0.4 is 0 Å². The fourth-order valence-electron chi connectivity index (χ4n) is 2.16. The number of hydrogen-bond acceptors (Lipinski definition) is 2. The van der Waals surface area contributed by atoms with Gasteiger partial charge in [0.05, 0.1) is 0 Å². The molecule has 0 amide bonds. The molecule has 0 aliphatic rings. The molecule has 0 fully saturated rings. The molecule has 2 rings (SSSR count). The van der Waals surface area contributed by atoms with Gasteiger partial charge in [-0.05, 0) is 37.1 Å². The summed E-state index contributed by atoms with van der Waals surface area (Å²) in [5.74, 6) is 0.336. The van der Waals surface area contributed by atoms with Crippen molar-refractivity contribution in [2.24, 2.45) is 0 Å². The molecule has 0 heterocycles. The maximum atomic E-state index is 11.0. The van der Waals surface area contributed by atoms with Crippen molar-refractivity contribution >= 4 is 23.7 Å². The molecule has 0 spiro atoms. The van der Waals surface area contributed by atoms with Gasteiger partial charge in [0, 0.05) is 12.8 Å². The summed E-state index contributed by atoms with van der Waals surface area (Å²) in [5, 5.41) is 0. The number of benzene rings is 2. The van der Waals surface area contributed by atoms with Gasteiger partial charge >= 0.3 is 0 Å². The van der Waals surface area contributed by atoms with E-state index in [1.165, 1.54) is 11.1 Å². The summed E-state index contributed by atoms with van der Waals surface area (Å²) in [6.45, 7) is 7.81. The Morgan fingerprint density at radius 1 is 0.731 bits per heavy atom. The minimum absolute atomic E-state index is 0.168. The quantitative estimate of drug-likeness (QED) is 0.602. The van der Waals surface area contributed by atoms with Gasteiger partial charge in [0.25, 0.3) is 0 Å². The van der Waals surface area contributed by atoms with E-state index in [4.69, 9.17) is 0 Å². The van der Waals surface area contributed by atoms with Gasteiger partial charge in [-0.25, -0.2) is 0 Å². The molecule has 2 heteroatoms. The number of carbonyl (C=O) groups is 2. The number of hydrogen-bond donors (Lipinski definition) is 0. The minimum atomic E-state index is 0.168. The summed E-state index contributed by atoms with van der Waals surface area (Å²) >= 11 is 0. The third kappa shape index (κ3) is 8.93. The average molecular weight is 348 g/mol. The molecule has 0 saturated heterocycles. The SMILES string of the molecule is CCC(=O)C=Cc1cccc(C)c1.CCC(=O)C=Cc1cccc(C)c1. The van der Waals surface area contributed by atoms with Crippen molar-refractivity contribution in [2.75, 3.05) is 0 Å². The van der Waals surface area contributed by atoms with Crippen molar-refractivity contribution < 1.29 is 9.59 Å². The predicted molar refractivity (Wildman–Crippen MR) is 111 cm³/mol. The summed E-state index contributed by atoms with van der Waals surface area (Å²) < 4.78 is 0. The van der Waals surface area contributed by atoms with Crippen molar-refractivity contribution in [3.63, 3.8) is 0 Å². The highest BCUT2D eigenvalue weighted by Crippen LogP contribution is 2.06. The lowest BCUT2D eigenvalue weighted by atomic mass is 10.1. The highest BCUT2D eigenvalue weighted by molar-refractivity contribution is 5.93. The third-order valence-corrected chi connectivity index (χ3v) is 3.70. The molecule has 0 N–H and O–H groups in total. The highest BCUT2D eigenvalue weighted by Gasteiger charge is 1.92. The van der Waals surface area contributed by atoms with E-state index in [2.05, 4.69) is 12.1 Å². The third-order valence-electron chi connectivity index (χ3n) is 3.70. The van der Waals surface area contributed by atoms with Gasteiger partial charge in [-0.15, -0.1) is 0 Å². The van der Waals surface area contributed by atoms with Gasteiger partial charge in [0.2, 0.25) is 0 Å². The predicted octanol–water partition coefficient (Wildman–Crippen LogP) is 5.97. The van der Waals surface area contributed by atoms with E-state index in [9.17, 15) is 9.59 Å². The van der Waals surface area contributed by atoms with Gasteiger partial charge in [0.1, 0.15) is 0 Å². The largest absolute Gasteiger partial charge is 0.295 e. The molecular weight excluding hydrogens is 320 g/mol. The summed E-state index contributed by atoms with van der Waals surface area (Å²) in [4.78, 5) is 22.0. The normalized spacial score (nSPS) is 10.6. The lowest BCUT2D eigenvalue weighted by Crippen LogP contribution is -1.86. The first-order chi connectivity index (χ1) is 12.4. The van der Waals surface area contributed by atoms with Crippen LogP contribution in [0.1, 0.15) is 48.9 Å². The van der Waals surface area contributed by atoms with Crippen molar-refractivity contribution in [2.45, 2.75) is 40.5 Å². The zero-order valence-corrected chi connectivity index (χ0v) is 16.2. The molecule has 0 aliphatic carbocycles. The summed E-state index contributed by atoms with van der Waals surface area (Å²) in [6.07, 6.45) is 8.13. The Balaban J connectivity index is 0.000000260. The minimum Gasteiger partial charge on any atom is -0.295 e. The van der Waals surface area contributed by atoms with E-state index in [-0.39, 0.29) is 11.6 Å². The van der Waals surface area contributed by atoms with Gasteiger partial charge in [-0.2, -0.15) is 0 Å². The number of rotatable bonds is 6. The smallest absolute Gasteiger partial charge is 0.155 e. The monoisotopic (exact) mass is 348 g/mol. The Hall–Kier alpha value is -2.74. The van der Waals surface area contributed by atoms with E-state index < -0.39 is 0 Å². The van der Waals surface area contributed by atoms with Crippen LogP contribution in [0.3, 0.4) is 0 Å². The second kappa shape index (κ2) is 11.8. The van der Waals surface area contributed by atoms with Gasteiger partial charge in [-0.1, -0.05) is 85.7 Å². The molecule has 0 atom stereocenters. The topological polar surface area (TPSA) is 34.1 Å². The second-order valence-corrected chi connectivity index (χ2v) is 6.13. The Morgan fingerprint density at radius 2 is 1.12 bits per heavy atom. The Kier molecular flexibility index (Phi) is 9.63. The molecule has 0 saturated carbocycles. The molecular formula is C24H28O2. The molecule has 136 valence electrons. The second-order valence-electron chi connectivity index (χ2n) is 6.13. The van der Waals surface area contributed by atoms with Gasteiger partial charge in [0.15, 0.2) is 11.6 Å². The van der Waals surface area contributed by atoms with Crippen LogP contribution in [0.4, 0.5) is 0 Å². The van der Waals surface area contributed by atoms with E-state index in [1.807, 2.05) is 76.2 Å². The molecule has 0 aliphatic heterocycles. The molecule has 0 bridgehead atoms. The molecule has 2 aromatic rings. The van der Waals surface area contributed by atoms with Crippen molar-refractivity contribution in [1.82, 2.24) is 0 Å². The number of ketones is 2. The van der Waals surface area contributed by atoms with Crippen LogP contribution in [0.2, 0.25) is 0 Å². The Labute approximate surface area is 157 Å². The maximum Gasteiger partial charge on any atom is 0.155 e. The van der Waals surface area contributed by atoms with Crippen molar-refractivity contribution in [3.05, 3.63) is 82.9 Å². The van der Waals surface area contributed by atoms with Crippen LogP contribution in [-0.4, -0.2) is 11.6 Å². The molecule has 0 unspecified atom stereocenters. The van der Waals surface area contributed by atoms with Crippen LogP contribution in [0.25, 0.3) is 12.2 Å². The first-order valence-corrected chi connectivity index (χ1v) is 8.99. The zero-order valence-electron chi connectivity index (χ0n) is 16.2. The van der Waals surface area contributed by atoms with Gasteiger partial charge in [-0.3, -0.25) is 9.59 Å². The lowest BCUT2D eigenvalue weighted by Gasteiger charge is -1.94. The number of aryl methyl sites for hydroxylation is 2. The average Bonchev–Trinajstić information content (AvgIpc) is 2.64. The number of carbonyl (C=O) groups excluding carboxylic acids is 2. The molecule has 0 aromatic heterocycles. The van der Waals surface area contributed by atoms with Crippen molar-refractivity contribution in [3.8, 4) is 0 Å². The molecule has 2 nitrogen and oxygen atoms in total. The van der Waals surface area contributed by atoms with Crippen LogP contribution in [0.15, 0.2) is 60.7 Å². The van der Waals surface area contributed by atoms with Crippen LogP contribution >= 0.6 is 0 Å².